The Bertz CT molecular complexity index is 437. The van der Waals surface area contributed by atoms with Crippen LogP contribution in [0.1, 0.15) is 44.2 Å². The number of aryl methyl sites for hydroxylation is 2. The summed E-state index contributed by atoms with van der Waals surface area (Å²) in [6, 6.07) is 4.58. The van der Waals surface area contributed by atoms with Gasteiger partial charge < -0.3 is 10.1 Å². The summed E-state index contributed by atoms with van der Waals surface area (Å²) in [4.78, 5) is 0. The summed E-state index contributed by atoms with van der Waals surface area (Å²) in [5.74, 6) is 1.05. The molecule has 0 spiro atoms. The van der Waals surface area contributed by atoms with Gasteiger partial charge in [0.05, 0.1) is 5.69 Å². The lowest BCUT2D eigenvalue weighted by Gasteiger charge is -2.25. The standard InChI is InChI=1S/C15H21NO/c1-15(2)7-8-16-13-9-11-5-3-4-6-12(11)10-14(13)17-15/h9-10,16H,3-8H2,1-2H3. The van der Waals surface area contributed by atoms with Crippen molar-refractivity contribution in [3.63, 3.8) is 0 Å². The first kappa shape index (κ1) is 10.9. The fraction of sp³-hybridized carbons (Fsp3) is 0.600. The van der Waals surface area contributed by atoms with Gasteiger partial charge >= 0.3 is 0 Å². The first-order valence-electron chi connectivity index (χ1n) is 6.73. The Morgan fingerprint density at radius 1 is 1.12 bits per heavy atom. The molecule has 0 saturated carbocycles. The molecule has 0 atom stereocenters. The first-order valence-corrected chi connectivity index (χ1v) is 6.73. The second kappa shape index (κ2) is 3.94. The van der Waals surface area contributed by atoms with Crippen LogP contribution in [0.4, 0.5) is 5.69 Å². The number of ether oxygens (including phenoxy) is 1. The van der Waals surface area contributed by atoms with E-state index in [1.807, 2.05) is 0 Å². The van der Waals surface area contributed by atoms with Crippen LogP contribution >= 0.6 is 0 Å². The highest BCUT2D eigenvalue weighted by atomic mass is 16.5. The molecule has 3 rings (SSSR count). The van der Waals surface area contributed by atoms with Crippen LogP contribution in [0.3, 0.4) is 0 Å². The Morgan fingerprint density at radius 3 is 2.59 bits per heavy atom. The molecule has 1 aliphatic heterocycles. The van der Waals surface area contributed by atoms with E-state index in [0.717, 1.165) is 18.7 Å². The van der Waals surface area contributed by atoms with Crippen LogP contribution < -0.4 is 10.1 Å². The molecule has 0 radical (unpaired) electrons. The fourth-order valence-electron chi connectivity index (χ4n) is 2.83. The van der Waals surface area contributed by atoms with Crippen molar-refractivity contribution in [3.8, 4) is 5.75 Å². The summed E-state index contributed by atoms with van der Waals surface area (Å²) < 4.78 is 6.15. The highest BCUT2D eigenvalue weighted by Crippen LogP contribution is 2.37. The summed E-state index contributed by atoms with van der Waals surface area (Å²) in [6.45, 7) is 5.34. The minimum atomic E-state index is -0.0544. The quantitative estimate of drug-likeness (QED) is 0.737. The fourth-order valence-corrected chi connectivity index (χ4v) is 2.83. The van der Waals surface area contributed by atoms with Gasteiger partial charge in [0.1, 0.15) is 11.4 Å². The van der Waals surface area contributed by atoms with Crippen LogP contribution in [-0.4, -0.2) is 12.1 Å². The normalized spacial score (nSPS) is 21.5. The SMILES string of the molecule is CC1(C)CCNc2cc3c(cc2O1)CCCC3. The third-order valence-corrected chi connectivity index (χ3v) is 3.87. The van der Waals surface area contributed by atoms with E-state index in [1.54, 1.807) is 0 Å². The number of anilines is 1. The highest BCUT2D eigenvalue weighted by Gasteiger charge is 2.25. The third-order valence-electron chi connectivity index (χ3n) is 3.87. The van der Waals surface area contributed by atoms with Gasteiger partial charge in [-0.25, -0.2) is 0 Å². The van der Waals surface area contributed by atoms with Gasteiger partial charge in [-0.2, -0.15) is 0 Å². The van der Waals surface area contributed by atoms with Gasteiger partial charge in [-0.1, -0.05) is 0 Å². The molecule has 2 heteroatoms. The van der Waals surface area contributed by atoms with Crippen LogP contribution in [-0.2, 0) is 12.8 Å². The molecule has 1 aromatic carbocycles. The van der Waals surface area contributed by atoms with E-state index in [1.165, 1.54) is 42.5 Å². The highest BCUT2D eigenvalue weighted by molar-refractivity contribution is 5.61. The van der Waals surface area contributed by atoms with Gasteiger partial charge in [0.2, 0.25) is 0 Å². The Balaban J connectivity index is 2.02. The zero-order valence-corrected chi connectivity index (χ0v) is 10.8. The lowest BCUT2D eigenvalue weighted by molar-refractivity contribution is 0.108. The number of hydrogen-bond acceptors (Lipinski definition) is 2. The molecule has 1 aromatic rings. The molecule has 0 amide bonds. The largest absolute Gasteiger partial charge is 0.486 e. The van der Waals surface area contributed by atoms with E-state index in [4.69, 9.17) is 4.74 Å². The zero-order valence-electron chi connectivity index (χ0n) is 10.8. The van der Waals surface area contributed by atoms with Crippen LogP contribution in [0.2, 0.25) is 0 Å². The minimum absolute atomic E-state index is 0.0544. The van der Waals surface area contributed by atoms with Crippen molar-refractivity contribution < 1.29 is 4.74 Å². The van der Waals surface area contributed by atoms with E-state index >= 15 is 0 Å². The summed E-state index contributed by atoms with van der Waals surface area (Å²) in [5.41, 5.74) is 4.15. The molecular formula is C15H21NO. The number of nitrogens with one attached hydrogen (secondary N) is 1. The molecule has 0 bridgehead atoms. The Morgan fingerprint density at radius 2 is 1.82 bits per heavy atom. The minimum Gasteiger partial charge on any atom is -0.486 e. The zero-order chi connectivity index (χ0) is 11.9. The summed E-state index contributed by atoms with van der Waals surface area (Å²) in [5, 5.41) is 3.51. The van der Waals surface area contributed by atoms with Gasteiger partial charge in [-0.15, -0.1) is 0 Å². The molecule has 1 N–H and O–H groups in total. The van der Waals surface area contributed by atoms with Gasteiger partial charge in [0.15, 0.2) is 0 Å². The van der Waals surface area contributed by atoms with E-state index in [9.17, 15) is 0 Å². The van der Waals surface area contributed by atoms with Crippen molar-refractivity contribution in [2.75, 3.05) is 11.9 Å². The second-order valence-corrected chi connectivity index (χ2v) is 5.86. The summed E-state index contributed by atoms with van der Waals surface area (Å²) in [7, 11) is 0. The van der Waals surface area contributed by atoms with Crippen LogP contribution in [0, 0.1) is 0 Å². The average Bonchev–Trinajstić information content (AvgIpc) is 2.42. The van der Waals surface area contributed by atoms with Gasteiger partial charge in [0.25, 0.3) is 0 Å². The number of fused-ring (bicyclic) bond motifs is 2. The van der Waals surface area contributed by atoms with Crippen LogP contribution in [0.15, 0.2) is 12.1 Å². The predicted molar refractivity (Wildman–Crippen MR) is 70.9 cm³/mol. The molecule has 0 unspecified atom stereocenters. The molecular weight excluding hydrogens is 210 g/mol. The molecule has 92 valence electrons. The smallest absolute Gasteiger partial charge is 0.143 e. The van der Waals surface area contributed by atoms with Crippen LogP contribution in [0.25, 0.3) is 0 Å². The van der Waals surface area contributed by atoms with E-state index in [0.29, 0.717) is 0 Å². The molecule has 0 saturated heterocycles. The topological polar surface area (TPSA) is 21.3 Å². The Kier molecular flexibility index (Phi) is 2.53. The van der Waals surface area contributed by atoms with Gasteiger partial charge in [0, 0.05) is 13.0 Å². The molecule has 1 heterocycles. The lowest BCUT2D eigenvalue weighted by atomic mass is 9.91. The second-order valence-electron chi connectivity index (χ2n) is 5.86. The Labute approximate surface area is 103 Å². The van der Waals surface area contributed by atoms with Crippen molar-refractivity contribution in [2.45, 2.75) is 51.6 Å². The molecule has 17 heavy (non-hydrogen) atoms. The van der Waals surface area contributed by atoms with Gasteiger partial charge in [-0.05, 0) is 62.8 Å². The van der Waals surface area contributed by atoms with Crippen molar-refractivity contribution in [1.82, 2.24) is 0 Å². The van der Waals surface area contributed by atoms with Gasteiger partial charge in [-0.3, -0.25) is 0 Å². The third kappa shape index (κ3) is 2.13. The number of rotatable bonds is 0. The van der Waals surface area contributed by atoms with E-state index in [-0.39, 0.29) is 5.60 Å². The summed E-state index contributed by atoms with van der Waals surface area (Å²) in [6.07, 6.45) is 6.15. The predicted octanol–water partition coefficient (Wildman–Crippen LogP) is 3.54. The number of hydrogen-bond donors (Lipinski definition) is 1. The maximum atomic E-state index is 6.15. The van der Waals surface area contributed by atoms with Crippen LogP contribution in [0.5, 0.6) is 5.75 Å². The van der Waals surface area contributed by atoms with E-state index in [2.05, 4.69) is 31.3 Å². The first-order chi connectivity index (χ1) is 8.14. The van der Waals surface area contributed by atoms with E-state index < -0.39 is 0 Å². The Hall–Kier alpha value is -1.18. The molecule has 2 aliphatic rings. The molecule has 1 aliphatic carbocycles. The maximum Gasteiger partial charge on any atom is 0.143 e. The number of benzene rings is 1. The van der Waals surface area contributed by atoms with Crippen molar-refractivity contribution in [3.05, 3.63) is 23.3 Å². The van der Waals surface area contributed by atoms with Crippen molar-refractivity contribution in [1.29, 1.82) is 0 Å². The maximum absolute atomic E-state index is 6.15. The monoisotopic (exact) mass is 231 g/mol. The molecule has 2 nitrogen and oxygen atoms in total. The summed E-state index contributed by atoms with van der Waals surface area (Å²) >= 11 is 0. The van der Waals surface area contributed by atoms with Crippen molar-refractivity contribution in [2.24, 2.45) is 0 Å². The lowest BCUT2D eigenvalue weighted by Crippen LogP contribution is -2.28. The molecule has 0 aromatic heterocycles. The van der Waals surface area contributed by atoms with Crippen molar-refractivity contribution >= 4 is 5.69 Å². The average molecular weight is 231 g/mol. The molecule has 0 fully saturated rings.